The van der Waals surface area contributed by atoms with Crippen molar-refractivity contribution in [2.75, 3.05) is 5.32 Å². The van der Waals surface area contributed by atoms with Crippen molar-refractivity contribution in [1.29, 1.82) is 0 Å². The Balaban J connectivity index is 1.76. The largest absolute Gasteiger partial charge is 0.465 e. The molecule has 2 heterocycles. The van der Waals surface area contributed by atoms with Gasteiger partial charge < -0.3 is 14.3 Å². The first-order valence-electron chi connectivity index (χ1n) is 6.46. The Hall–Kier alpha value is -2.56. The molecule has 5 nitrogen and oxygen atoms in total. The summed E-state index contributed by atoms with van der Waals surface area (Å²) in [5.74, 6) is 2.70. The molecule has 0 radical (unpaired) electrons. The van der Waals surface area contributed by atoms with Crippen molar-refractivity contribution < 1.29 is 4.42 Å². The molecule has 3 aromatic rings. The molecule has 102 valence electrons. The second-order valence-corrected chi connectivity index (χ2v) is 4.71. The molecule has 0 aliphatic heterocycles. The first kappa shape index (κ1) is 12.5. The standard InChI is InChI=1S/C15H16N4O/c1-11-6-7-14(20-11)9-16-13-5-3-4-12(8-13)15-18-17-10-19(15)2/h3-8,10,16H,9H2,1-2H3. The smallest absolute Gasteiger partial charge is 0.163 e. The molecule has 20 heavy (non-hydrogen) atoms. The number of aromatic nitrogens is 3. The molecule has 3 rings (SSSR count). The minimum atomic E-state index is 0.663. The van der Waals surface area contributed by atoms with E-state index in [9.17, 15) is 0 Å². The van der Waals surface area contributed by atoms with Crippen LogP contribution in [0, 0.1) is 6.92 Å². The zero-order valence-corrected chi connectivity index (χ0v) is 11.5. The molecule has 1 aromatic carbocycles. The van der Waals surface area contributed by atoms with E-state index < -0.39 is 0 Å². The Morgan fingerprint density at radius 2 is 2.15 bits per heavy atom. The Morgan fingerprint density at radius 3 is 2.85 bits per heavy atom. The fraction of sp³-hybridized carbons (Fsp3) is 0.200. The second kappa shape index (κ2) is 5.21. The molecular weight excluding hydrogens is 252 g/mol. The van der Waals surface area contributed by atoms with E-state index in [4.69, 9.17) is 4.42 Å². The van der Waals surface area contributed by atoms with Gasteiger partial charge in [-0.15, -0.1) is 10.2 Å². The second-order valence-electron chi connectivity index (χ2n) is 4.71. The lowest BCUT2D eigenvalue weighted by Gasteiger charge is -2.07. The number of benzene rings is 1. The van der Waals surface area contributed by atoms with Gasteiger partial charge in [-0.1, -0.05) is 12.1 Å². The Bertz CT molecular complexity index is 714. The van der Waals surface area contributed by atoms with E-state index in [1.54, 1.807) is 6.33 Å². The Kier molecular flexibility index (Phi) is 3.25. The average Bonchev–Trinajstić information content (AvgIpc) is 3.05. The van der Waals surface area contributed by atoms with Gasteiger partial charge >= 0.3 is 0 Å². The van der Waals surface area contributed by atoms with Gasteiger partial charge in [0.1, 0.15) is 17.8 Å². The summed E-state index contributed by atoms with van der Waals surface area (Å²) in [6.45, 7) is 2.61. The molecule has 5 heteroatoms. The summed E-state index contributed by atoms with van der Waals surface area (Å²) in [7, 11) is 1.93. The van der Waals surface area contributed by atoms with Gasteiger partial charge in [0.15, 0.2) is 5.82 Å². The maximum Gasteiger partial charge on any atom is 0.163 e. The third-order valence-corrected chi connectivity index (χ3v) is 3.09. The molecule has 0 spiro atoms. The number of aryl methyl sites for hydroxylation is 2. The van der Waals surface area contributed by atoms with Crippen LogP contribution < -0.4 is 5.32 Å². The summed E-state index contributed by atoms with van der Waals surface area (Å²) in [4.78, 5) is 0. The number of anilines is 1. The van der Waals surface area contributed by atoms with Crippen molar-refractivity contribution in [2.45, 2.75) is 13.5 Å². The van der Waals surface area contributed by atoms with E-state index in [0.717, 1.165) is 28.6 Å². The molecule has 0 saturated carbocycles. The summed E-state index contributed by atoms with van der Waals surface area (Å²) >= 11 is 0. The number of hydrogen-bond donors (Lipinski definition) is 1. The zero-order valence-electron chi connectivity index (χ0n) is 11.5. The quantitative estimate of drug-likeness (QED) is 0.790. The van der Waals surface area contributed by atoms with Gasteiger partial charge in [-0.2, -0.15) is 0 Å². The van der Waals surface area contributed by atoms with Crippen molar-refractivity contribution >= 4 is 5.69 Å². The first-order valence-corrected chi connectivity index (χ1v) is 6.46. The summed E-state index contributed by atoms with van der Waals surface area (Å²) in [6.07, 6.45) is 1.70. The molecule has 0 bridgehead atoms. The van der Waals surface area contributed by atoms with Crippen molar-refractivity contribution in [3.63, 3.8) is 0 Å². The van der Waals surface area contributed by atoms with Gasteiger partial charge in [0.2, 0.25) is 0 Å². The molecule has 0 aliphatic rings. The number of rotatable bonds is 4. The minimum absolute atomic E-state index is 0.663. The number of hydrogen-bond acceptors (Lipinski definition) is 4. The maximum absolute atomic E-state index is 5.54. The molecule has 0 atom stereocenters. The Morgan fingerprint density at radius 1 is 1.25 bits per heavy atom. The van der Waals surface area contributed by atoms with Gasteiger partial charge in [0, 0.05) is 18.3 Å². The highest BCUT2D eigenvalue weighted by atomic mass is 16.3. The van der Waals surface area contributed by atoms with Crippen LogP contribution in [-0.4, -0.2) is 14.8 Å². The topological polar surface area (TPSA) is 55.9 Å². The lowest BCUT2D eigenvalue weighted by Crippen LogP contribution is -1.99. The van der Waals surface area contributed by atoms with Gasteiger partial charge in [0.05, 0.1) is 6.54 Å². The summed E-state index contributed by atoms with van der Waals surface area (Å²) < 4.78 is 7.44. The van der Waals surface area contributed by atoms with E-state index in [0.29, 0.717) is 6.54 Å². The summed E-state index contributed by atoms with van der Waals surface area (Å²) in [6, 6.07) is 12.0. The highest BCUT2D eigenvalue weighted by Crippen LogP contribution is 2.20. The molecule has 0 aliphatic carbocycles. The Labute approximate surface area is 117 Å². The van der Waals surface area contributed by atoms with Gasteiger partial charge in [-0.05, 0) is 31.2 Å². The van der Waals surface area contributed by atoms with E-state index >= 15 is 0 Å². The molecule has 0 amide bonds. The number of nitrogens with zero attached hydrogens (tertiary/aromatic N) is 3. The monoisotopic (exact) mass is 268 g/mol. The van der Waals surface area contributed by atoms with E-state index in [-0.39, 0.29) is 0 Å². The van der Waals surface area contributed by atoms with Crippen molar-refractivity contribution in [2.24, 2.45) is 7.05 Å². The van der Waals surface area contributed by atoms with Gasteiger partial charge in [0.25, 0.3) is 0 Å². The maximum atomic E-state index is 5.54. The van der Waals surface area contributed by atoms with Crippen LogP contribution in [0.2, 0.25) is 0 Å². The minimum Gasteiger partial charge on any atom is -0.465 e. The number of nitrogens with one attached hydrogen (secondary N) is 1. The molecular formula is C15H16N4O. The third-order valence-electron chi connectivity index (χ3n) is 3.09. The normalized spacial score (nSPS) is 10.7. The summed E-state index contributed by atoms with van der Waals surface area (Å²) in [5, 5.41) is 11.4. The first-order chi connectivity index (χ1) is 9.72. The molecule has 0 fully saturated rings. The lowest BCUT2D eigenvalue weighted by atomic mass is 10.2. The predicted octanol–water partition coefficient (Wildman–Crippen LogP) is 3.00. The van der Waals surface area contributed by atoms with Crippen molar-refractivity contribution in [1.82, 2.24) is 14.8 Å². The highest BCUT2D eigenvalue weighted by molar-refractivity contribution is 5.62. The van der Waals surface area contributed by atoms with Crippen LogP contribution in [0.5, 0.6) is 0 Å². The molecule has 1 N–H and O–H groups in total. The average molecular weight is 268 g/mol. The van der Waals surface area contributed by atoms with Gasteiger partial charge in [-0.25, -0.2) is 0 Å². The SMILES string of the molecule is Cc1ccc(CNc2cccc(-c3nncn3C)c2)o1. The number of furan rings is 1. The molecule has 2 aromatic heterocycles. The van der Waals surface area contributed by atoms with Crippen LogP contribution in [0.1, 0.15) is 11.5 Å². The van der Waals surface area contributed by atoms with Crippen LogP contribution >= 0.6 is 0 Å². The van der Waals surface area contributed by atoms with Crippen molar-refractivity contribution in [3.05, 3.63) is 54.2 Å². The van der Waals surface area contributed by atoms with E-state index in [1.807, 2.05) is 48.9 Å². The van der Waals surface area contributed by atoms with Crippen LogP contribution in [0.4, 0.5) is 5.69 Å². The fourth-order valence-corrected chi connectivity index (χ4v) is 2.08. The molecule has 0 saturated heterocycles. The third kappa shape index (κ3) is 2.56. The van der Waals surface area contributed by atoms with Crippen LogP contribution in [0.15, 0.2) is 47.1 Å². The van der Waals surface area contributed by atoms with E-state index in [1.165, 1.54) is 0 Å². The van der Waals surface area contributed by atoms with E-state index in [2.05, 4.69) is 21.6 Å². The van der Waals surface area contributed by atoms with Crippen LogP contribution in [-0.2, 0) is 13.6 Å². The predicted molar refractivity (Wildman–Crippen MR) is 77.2 cm³/mol. The highest BCUT2D eigenvalue weighted by Gasteiger charge is 2.05. The summed E-state index contributed by atoms with van der Waals surface area (Å²) in [5.41, 5.74) is 2.06. The van der Waals surface area contributed by atoms with Crippen LogP contribution in [0.3, 0.4) is 0 Å². The lowest BCUT2D eigenvalue weighted by molar-refractivity contribution is 0.490. The van der Waals surface area contributed by atoms with Gasteiger partial charge in [-0.3, -0.25) is 0 Å². The van der Waals surface area contributed by atoms with Crippen LogP contribution in [0.25, 0.3) is 11.4 Å². The zero-order chi connectivity index (χ0) is 13.9. The van der Waals surface area contributed by atoms with Crippen molar-refractivity contribution in [3.8, 4) is 11.4 Å². The fourth-order valence-electron chi connectivity index (χ4n) is 2.08. The molecule has 0 unspecified atom stereocenters.